The SMILES string of the molecule is C=C(CS(=O)(=O)O)OC. The van der Waals surface area contributed by atoms with Crippen molar-refractivity contribution in [1.29, 1.82) is 0 Å². The minimum atomic E-state index is -3.96. The second-order valence-electron chi connectivity index (χ2n) is 1.47. The Bertz CT molecular complexity index is 191. The quantitative estimate of drug-likeness (QED) is 0.458. The van der Waals surface area contributed by atoms with Crippen molar-refractivity contribution in [3.63, 3.8) is 0 Å². The van der Waals surface area contributed by atoms with Crippen molar-refractivity contribution >= 4 is 10.1 Å². The lowest BCUT2D eigenvalue weighted by Crippen LogP contribution is -2.06. The molecule has 0 saturated heterocycles. The Labute approximate surface area is 53.9 Å². The Morgan fingerprint density at radius 1 is 1.78 bits per heavy atom. The number of ether oxygens (including phenoxy) is 1. The van der Waals surface area contributed by atoms with E-state index in [4.69, 9.17) is 4.55 Å². The zero-order chi connectivity index (χ0) is 7.49. The molecule has 0 atom stereocenters. The van der Waals surface area contributed by atoms with Crippen LogP contribution in [-0.2, 0) is 14.9 Å². The lowest BCUT2D eigenvalue weighted by atomic mass is 10.7. The summed E-state index contributed by atoms with van der Waals surface area (Å²) in [5.41, 5.74) is 0. The monoisotopic (exact) mass is 152 g/mol. The van der Waals surface area contributed by atoms with Gasteiger partial charge in [0.15, 0.2) is 0 Å². The first-order chi connectivity index (χ1) is 3.95. The first kappa shape index (κ1) is 8.45. The summed E-state index contributed by atoms with van der Waals surface area (Å²) in [7, 11) is -2.67. The van der Waals surface area contributed by atoms with Gasteiger partial charge in [0.1, 0.15) is 11.5 Å². The van der Waals surface area contributed by atoms with Gasteiger partial charge in [0, 0.05) is 0 Å². The van der Waals surface area contributed by atoms with Gasteiger partial charge in [-0.15, -0.1) is 0 Å². The Morgan fingerprint density at radius 3 is 2.33 bits per heavy atom. The summed E-state index contributed by atoms with van der Waals surface area (Å²) < 4.78 is 32.6. The molecule has 1 N–H and O–H groups in total. The molecular weight excluding hydrogens is 144 g/mol. The molecule has 0 unspecified atom stereocenters. The van der Waals surface area contributed by atoms with Crippen LogP contribution in [0.5, 0.6) is 0 Å². The topological polar surface area (TPSA) is 63.6 Å². The lowest BCUT2D eigenvalue weighted by Gasteiger charge is -1.98. The molecule has 0 aliphatic carbocycles. The van der Waals surface area contributed by atoms with E-state index in [1.165, 1.54) is 7.11 Å². The summed E-state index contributed by atoms with van der Waals surface area (Å²) in [4.78, 5) is 0. The molecule has 0 aliphatic heterocycles. The minimum absolute atomic E-state index is 0.0255. The minimum Gasteiger partial charge on any atom is -0.501 e. The Kier molecular flexibility index (Phi) is 2.66. The summed E-state index contributed by atoms with van der Waals surface area (Å²) in [6.45, 7) is 3.20. The molecule has 0 bridgehead atoms. The van der Waals surface area contributed by atoms with E-state index in [1.807, 2.05) is 0 Å². The van der Waals surface area contributed by atoms with E-state index < -0.39 is 15.9 Å². The average molecular weight is 152 g/mol. The van der Waals surface area contributed by atoms with Crippen LogP contribution < -0.4 is 0 Å². The molecule has 0 aromatic carbocycles. The molecule has 0 aromatic heterocycles. The normalized spacial score (nSPS) is 10.9. The van der Waals surface area contributed by atoms with Gasteiger partial charge >= 0.3 is 0 Å². The van der Waals surface area contributed by atoms with Gasteiger partial charge in [0.05, 0.1) is 7.11 Å². The third-order valence-corrected chi connectivity index (χ3v) is 1.32. The van der Waals surface area contributed by atoms with Crippen LogP contribution >= 0.6 is 0 Å². The van der Waals surface area contributed by atoms with Gasteiger partial charge in [-0.2, -0.15) is 8.42 Å². The van der Waals surface area contributed by atoms with Crippen molar-refractivity contribution in [2.24, 2.45) is 0 Å². The number of hydrogen-bond donors (Lipinski definition) is 1. The molecule has 0 amide bonds. The maximum absolute atomic E-state index is 10.0. The molecule has 0 rings (SSSR count). The van der Waals surface area contributed by atoms with E-state index in [-0.39, 0.29) is 5.76 Å². The van der Waals surface area contributed by atoms with E-state index in [2.05, 4.69) is 11.3 Å². The fraction of sp³-hybridized carbons (Fsp3) is 0.500. The smallest absolute Gasteiger partial charge is 0.272 e. The maximum atomic E-state index is 10.0. The lowest BCUT2D eigenvalue weighted by molar-refractivity contribution is 0.294. The fourth-order valence-corrected chi connectivity index (χ4v) is 0.787. The maximum Gasteiger partial charge on any atom is 0.272 e. The van der Waals surface area contributed by atoms with Crippen LogP contribution in [0.1, 0.15) is 0 Å². The number of rotatable bonds is 3. The highest BCUT2D eigenvalue weighted by Crippen LogP contribution is 1.94. The summed E-state index contributed by atoms with van der Waals surface area (Å²) in [6.07, 6.45) is 0. The molecule has 0 spiro atoms. The molecule has 9 heavy (non-hydrogen) atoms. The highest BCUT2D eigenvalue weighted by Gasteiger charge is 2.06. The molecule has 54 valence electrons. The summed E-state index contributed by atoms with van der Waals surface area (Å²) in [5, 5.41) is 0. The number of methoxy groups -OCH3 is 1. The van der Waals surface area contributed by atoms with Gasteiger partial charge in [-0.1, -0.05) is 6.58 Å². The zero-order valence-electron chi connectivity index (χ0n) is 4.99. The van der Waals surface area contributed by atoms with Crippen molar-refractivity contribution in [3.05, 3.63) is 12.3 Å². The van der Waals surface area contributed by atoms with Crippen LogP contribution in [0.25, 0.3) is 0 Å². The van der Waals surface area contributed by atoms with Crippen molar-refractivity contribution in [3.8, 4) is 0 Å². The van der Waals surface area contributed by atoms with Crippen LogP contribution in [0.3, 0.4) is 0 Å². The molecule has 0 heterocycles. The second-order valence-corrected chi connectivity index (χ2v) is 2.92. The van der Waals surface area contributed by atoms with E-state index in [9.17, 15) is 8.42 Å². The molecule has 0 aromatic rings. The molecule has 5 heteroatoms. The molecular formula is C4H8O4S. The Balaban J connectivity index is 3.91. The molecule has 0 fully saturated rings. The van der Waals surface area contributed by atoms with Gasteiger partial charge in [-0.05, 0) is 0 Å². The van der Waals surface area contributed by atoms with Crippen LogP contribution in [0, 0.1) is 0 Å². The summed E-state index contributed by atoms with van der Waals surface area (Å²) in [6, 6.07) is 0. The van der Waals surface area contributed by atoms with Gasteiger partial charge < -0.3 is 4.74 Å². The van der Waals surface area contributed by atoms with E-state index in [0.29, 0.717) is 0 Å². The van der Waals surface area contributed by atoms with Crippen LogP contribution in [0.15, 0.2) is 12.3 Å². The largest absolute Gasteiger partial charge is 0.501 e. The van der Waals surface area contributed by atoms with Gasteiger partial charge in [-0.3, -0.25) is 4.55 Å². The predicted octanol–water partition coefficient (Wildman–Crippen LogP) is 0.0343. The standard InChI is InChI=1S/C4H8O4S/c1-4(8-2)3-9(5,6)7/h1,3H2,2H3,(H,5,6,7). The third-order valence-electron chi connectivity index (χ3n) is 0.632. The number of hydrogen-bond acceptors (Lipinski definition) is 3. The van der Waals surface area contributed by atoms with E-state index >= 15 is 0 Å². The van der Waals surface area contributed by atoms with Crippen molar-refractivity contribution in [2.45, 2.75) is 0 Å². The van der Waals surface area contributed by atoms with Crippen molar-refractivity contribution < 1.29 is 17.7 Å². The molecule has 4 nitrogen and oxygen atoms in total. The van der Waals surface area contributed by atoms with Gasteiger partial charge in [-0.25, -0.2) is 0 Å². The van der Waals surface area contributed by atoms with Crippen molar-refractivity contribution in [2.75, 3.05) is 12.9 Å². The second kappa shape index (κ2) is 2.84. The first-order valence-electron chi connectivity index (χ1n) is 2.12. The van der Waals surface area contributed by atoms with Crippen molar-refractivity contribution in [1.82, 2.24) is 0 Å². The third kappa shape index (κ3) is 5.32. The predicted molar refractivity (Wildman–Crippen MR) is 32.6 cm³/mol. The first-order valence-corrected chi connectivity index (χ1v) is 3.73. The van der Waals surface area contributed by atoms with Crippen LogP contribution in [0.2, 0.25) is 0 Å². The van der Waals surface area contributed by atoms with Crippen LogP contribution in [0.4, 0.5) is 0 Å². The highest BCUT2D eigenvalue weighted by molar-refractivity contribution is 7.85. The Morgan fingerprint density at radius 2 is 2.22 bits per heavy atom. The Hall–Kier alpha value is -0.550. The highest BCUT2D eigenvalue weighted by atomic mass is 32.2. The summed E-state index contributed by atoms with van der Waals surface area (Å²) in [5.74, 6) is -0.513. The molecule has 0 radical (unpaired) electrons. The van der Waals surface area contributed by atoms with Gasteiger partial charge in [0.2, 0.25) is 0 Å². The van der Waals surface area contributed by atoms with E-state index in [1.54, 1.807) is 0 Å². The molecule has 0 saturated carbocycles. The van der Waals surface area contributed by atoms with Gasteiger partial charge in [0.25, 0.3) is 10.1 Å². The molecule has 0 aliphatic rings. The zero-order valence-corrected chi connectivity index (χ0v) is 5.81. The van der Waals surface area contributed by atoms with E-state index in [0.717, 1.165) is 0 Å². The average Bonchev–Trinajstić information content (AvgIpc) is 1.62. The van der Waals surface area contributed by atoms with Crippen LogP contribution in [-0.4, -0.2) is 25.8 Å². The summed E-state index contributed by atoms with van der Waals surface area (Å²) >= 11 is 0. The fourth-order valence-electron chi connectivity index (χ4n) is 0.262.